The number of rotatable bonds is 8. The maximum absolute atomic E-state index is 5.57. The average molecular weight is 379 g/mol. The zero-order valence-corrected chi connectivity index (χ0v) is 17.3. The van der Waals surface area contributed by atoms with Crippen LogP contribution in [0.3, 0.4) is 0 Å². The van der Waals surface area contributed by atoms with Crippen LogP contribution in [0.5, 0.6) is 11.5 Å². The van der Waals surface area contributed by atoms with Gasteiger partial charge in [0.15, 0.2) is 17.5 Å². The number of hydrogen-bond donors (Lipinski definition) is 2. The Hall–Kier alpha value is -1.99. The molecule has 152 valence electrons. The molecule has 0 bridgehead atoms. The van der Waals surface area contributed by atoms with Crippen molar-refractivity contribution in [3.05, 3.63) is 23.8 Å². The highest BCUT2D eigenvalue weighted by atomic mass is 16.5. The molecule has 0 saturated carbocycles. The normalized spacial score (nSPS) is 16.1. The Bertz CT molecular complexity index is 613. The lowest BCUT2D eigenvalue weighted by molar-refractivity contribution is -0.00834. The molecule has 7 heteroatoms. The van der Waals surface area contributed by atoms with E-state index in [1.54, 1.807) is 14.2 Å². The van der Waals surface area contributed by atoms with Crippen LogP contribution in [0, 0.1) is 0 Å². The Morgan fingerprint density at radius 2 is 1.96 bits per heavy atom. The second-order valence-electron chi connectivity index (χ2n) is 7.11. The fourth-order valence-corrected chi connectivity index (χ4v) is 3.08. The molecule has 0 atom stereocenters. The van der Waals surface area contributed by atoms with Crippen LogP contribution in [-0.2, 0) is 11.3 Å². The van der Waals surface area contributed by atoms with E-state index in [9.17, 15) is 0 Å². The van der Waals surface area contributed by atoms with Crippen molar-refractivity contribution >= 4 is 5.96 Å². The fraction of sp³-hybridized carbons (Fsp3) is 0.650. The van der Waals surface area contributed by atoms with Crippen LogP contribution in [0.25, 0.3) is 0 Å². The number of methoxy groups -OCH3 is 1. The van der Waals surface area contributed by atoms with Gasteiger partial charge in [-0.15, -0.1) is 0 Å². The van der Waals surface area contributed by atoms with Crippen molar-refractivity contribution in [3.63, 3.8) is 0 Å². The maximum atomic E-state index is 5.57. The molecule has 7 nitrogen and oxygen atoms in total. The molecule has 1 aromatic carbocycles. The van der Waals surface area contributed by atoms with Crippen molar-refractivity contribution in [1.29, 1.82) is 0 Å². The third-order valence-corrected chi connectivity index (χ3v) is 4.77. The number of hydrogen-bond acceptors (Lipinski definition) is 5. The average Bonchev–Trinajstić information content (AvgIpc) is 2.69. The summed E-state index contributed by atoms with van der Waals surface area (Å²) in [5.74, 6) is 2.29. The Morgan fingerprint density at radius 3 is 2.59 bits per heavy atom. The van der Waals surface area contributed by atoms with Gasteiger partial charge in [0.25, 0.3) is 0 Å². The predicted octanol–water partition coefficient (Wildman–Crippen LogP) is 1.87. The van der Waals surface area contributed by atoms with E-state index in [-0.39, 0.29) is 5.54 Å². The summed E-state index contributed by atoms with van der Waals surface area (Å²) in [7, 11) is 3.44. The molecule has 0 amide bonds. The number of nitrogens with one attached hydrogen (secondary N) is 2. The number of nitrogens with zero attached hydrogens (tertiary/aromatic N) is 2. The lowest BCUT2D eigenvalue weighted by atomic mass is 10.0. The van der Waals surface area contributed by atoms with Crippen LogP contribution in [0.1, 0.15) is 26.3 Å². The number of aliphatic imine (C=N–C) groups is 1. The van der Waals surface area contributed by atoms with Gasteiger partial charge in [0.2, 0.25) is 0 Å². The SMILES string of the molecule is CCOc1ccc(CNC(=NC)NCC(C)(C)N2CCOCC2)cc1OC. The van der Waals surface area contributed by atoms with E-state index in [4.69, 9.17) is 14.2 Å². The third-order valence-electron chi connectivity index (χ3n) is 4.77. The van der Waals surface area contributed by atoms with E-state index >= 15 is 0 Å². The van der Waals surface area contributed by atoms with Gasteiger partial charge in [0, 0.05) is 38.8 Å². The first-order valence-corrected chi connectivity index (χ1v) is 9.57. The van der Waals surface area contributed by atoms with E-state index in [2.05, 4.69) is 34.4 Å². The summed E-state index contributed by atoms with van der Waals surface area (Å²) in [6.07, 6.45) is 0. The smallest absolute Gasteiger partial charge is 0.191 e. The number of ether oxygens (including phenoxy) is 3. The van der Waals surface area contributed by atoms with E-state index in [1.165, 1.54) is 0 Å². The molecular formula is C20H34N4O3. The monoisotopic (exact) mass is 378 g/mol. The molecule has 27 heavy (non-hydrogen) atoms. The molecule has 1 aliphatic rings. The molecular weight excluding hydrogens is 344 g/mol. The van der Waals surface area contributed by atoms with Crippen LogP contribution in [0.2, 0.25) is 0 Å². The number of guanidine groups is 1. The molecule has 0 aliphatic carbocycles. The van der Waals surface area contributed by atoms with Gasteiger partial charge < -0.3 is 24.8 Å². The maximum Gasteiger partial charge on any atom is 0.191 e. The number of morpholine rings is 1. The van der Waals surface area contributed by atoms with Crippen LogP contribution in [0.15, 0.2) is 23.2 Å². The first kappa shape index (κ1) is 21.3. The van der Waals surface area contributed by atoms with Crippen molar-refractivity contribution in [3.8, 4) is 11.5 Å². The van der Waals surface area contributed by atoms with Gasteiger partial charge in [0.05, 0.1) is 26.9 Å². The van der Waals surface area contributed by atoms with E-state index in [0.29, 0.717) is 13.2 Å². The summed E-state index contributed by atoms with van der Waals surface area (Å²) < 4.78 is 16.4. The van der Waals surface area contributed by atoms with Gasteiger partial charge in [0.1, 0.15) is 0 Å². The van der Waals surface area contributed by atoms with Crippen molar-refractivity contribution in [2.45, 2.75) is 32.9 Å². The molecule has 0 unspecified atom stereocenters. The highest BCUT2D eigenvalue weighted by Gasteiger charge is 2.28. The van der Waals surface area contributed by atoms with E-state index < -0.39 is 0 Å². The summed E-state index contributed by atoms with van der Waals surface area (Å²) in [4.78, 5) is 6.79. The summed E-state index contributed by atoms with van der Waals surface area (Å²) in [6.45, 7) is 12.1. The zero-order chi connectivity index (χ0) is 19.7. The zero-order valence-electron chi connectivity index (χ0n) is 17.3. The Morgan fingerprint density at radius 1 is 1.22 bits per heavy atom. The minimum Gasteiger partial charge on any atom is -0.493 e. The first-order chi connectivity index (χ1) is 13.0. The van der Waals surface area contributed by atoms with Crippen molar-refractivity contribution in [2.24, 2.45) is 4.99 Å². The van der Waals surface area contributed by atoms with Gasteiger partial charge in [-0.3, -0.25) is 9.89 Å². The minimum atomic E-state index is 0.0315. The lowest BCUT2D eigenvalue weighted by Gasteiger charge is -2.41. The highest BCUT2D eigenvalue weighted by molar-refractivity contribution is 5.79. The van der Waals surface area contributed by atoms with E-state index in [1.807, 2.05) is 25.1 Å². The second-order valence-corrected chi connectivity index (χ2v) is 7.11. The quantitative estimate of drug-likeness (QED) is 0.532. The second kappa shape index (κ2) is 10.4. The molecule has 0 spiro atoms. The Balaban J connectivity index is 1.88. The van der Waals surface area contributed by atoms with Crippen LogP contribution >= 0.6 is 0 Å². The minimum absolute atomic E-state index is 0.0315. The van der Waals surface area contributed by atoms with Crippen LogP contribution < -0.4 is 20.1 Å². The molecule has 2 N–H and O–H groups in total. The molecule has 1 fully saturated rings. The van der Waals surface area contributed by atoms with Crippen LogP contribution in [0.4, 0.5) is 0 Å². The molecule has 0 aromatic heterocycles. The van der Waals surface area contributed by atoms with Crippen molar-refractivity contribution in [1.82, 2.24) is 15.5 Å². The lowest BCUT2D eigenvalue weighted by Crippen LogP contribution is -2.56. The Labute approximate surface area is 163 Å². The number of benzene rings is 1. The molecule has 1 aromatic rings. The third kappa shape index (κ3) is 6.29. The highest BCUT2D eigenvalue weighted by Crippen LogP contribution is 2.27. The van der Waals surface area contributed by atoms with Gasteiger partial charge in [-0.05, 0) is 38.5 Å². The summed E-state index contributed by atoms with van der Waals surface area (Å²) in [6, 6.07) is 5.96. The van der Waals surface area contributed by atoms with Gasteiger partial charge >= 0.3 is 0 Å². The standard InChI is InChI=1S/C20H34N4O3/c1-6-27-17-8-7-16(13-18(17)25-5)14-22-19(21-4)23-15-20(2,3)24-9-11-26-12-10-24/h7-8,13H,6,9-12,14-15H2,1-5H3,(H2,21,22,23). The molecule has 2 rings (SSSR count). The molecule has 1 aliphatic heterocycles. The Kier molecular flexibility index (Phi) is 8.19. The molecule has 0 radical (unpaired) electrons. The summed E-state index contributed by atoms with van der Waals surface area (Å²) in [5, 5.41) is 6.80. The van der Waals surface area contributed by atoms with Gasteiger partial charge in [-0.1, -0.05) is 6.07 Å². The van der Waals surface area contributed by atoms with E-state index in [0.717, 1.165) is 55.9 Å². The predicted molar refractivity (Wildman–Crippen MR) is 109 cm³/mol. The van der Waals surface area contributed by atoms with Crippen LogP contribution in [-0.4, -0.2) is 70.0 Å². The summed E-state index contributed by atoms with van der Waals surface area (Å²) in [5.41, 5.74) is 1.13. The van der Waals surface area contributed by atoms with Crippen molar-refractivity contribution < 1.29 is 14.2 Å². The van der Waals surface area contributed by atoms with Gasteiger partial charge in [-0.25, -0.2) is 0 Å². The summed E-state index contributed by atoms with van der Waals surface area (Å²) >= 11 is 0. The largest absolute Gasteiger partial charge is 0.493 e. The first-order valence-electron chi connectivity index (χ1n) is 9.57. The topological polar surface area (TPSA) is 67.4 Å². The van der Waals surface area contributed by atoms with Gasteiger partial charge in [-0.2, -0.15) is 0 Å². The molecule has 1 saturated heterocycles. The van der Waals surface area contributed by atoms with Crippen molar-refractivity contribution in [2.75, 3.05) is 53.6 Å². The fourth-order valence-electron chi connectivity index (χ4n) is 3.08. The molecule has 1 heterocycles.